The highest BCUT2D eigenvalue weighted by molar-refractivity contribution is 7.99. The van der Waals surface area contributed by atoms with Crippen LogP contribution in [0.4, 0.5) is 11.4 Å². The number of rotatable bonds is 5. The first kappa shape index (κ1) is 16.3. The van der Waals surface area contributed by atoms with Crippen LogP contribution in [0.5, 0.6) is 0 Å². The molecule has 0 atom stereocenters. The molecule has 0 aliphatic carbocycles. The Morgan fingerprint density at radius 1 is 1.32 bits per heavy atom. The molecule has 2 aromatic rings. The summed E-state index contributed by atoms with van der Waals surface area (Å²) in [5.74, 6) is 0.532. The molecule has 2 aromatic carbocycles. The van der Waals surface area contributed by atoms with E-state index in [1.54, 1.807) is 23.9 Å². The van der Waals surface area contributed by atoms with Crippen LogP contribution in [0.2, 0.25) is 5.02 Å². The summed E-state index contributed by atoms with van der Waals surface area (Å²) in [4.78, 5) is 23.5. The van der Waals surface area contributed by atoms with Crippen molar-refractivity contribution in [2.45, 2.75) is 11.8 Å². The molecule has 0 aliphatic heterocycles. The topological polar surface area (TPSA) is 72.2 Å². The molecule has 5 nitrogen and oxygen atoms in total. The molecule has 22 heavy (non-hydrogen) atoms. The van der Waals surface area contributed by atoms with Crippen molar-refractivity contribution in [2.24, 2.45) is 0 Å². The van der Waals surface area contributed by atoms with Crippen molar-refractivity contribution in [1.82, 2.24) is 0 Å². The normalized spacial score (nSPS) is 10.3. The van der Waals surface area contributed by atoms with Gasteiger partial charge in [-0.05, 0) is 30.0 Å². The zero-order chi connectivity index (χ0) is 16.1. The predicted molar refractivity (Wildman–Crippen MR) is 88.9 cm³/mol. The summed E-state index contributed by atoms with van der Waals surface area (Å²) in [7, 11) is 0. The van der Waals surface area contributed by atoms with E-state index in [9.17, 15) is 14.9 Å². The lowest BCUT2D eigenvalue weighted by atomic mass is 10.2. The Labute approximate surface area is 136 Å². The van der Waals surface area contributed by atoms with Gasteiger partial charge in [0.05, 0.1) is 10.5 Å². The van der Waals surface area contributed by atoms with Gasteiger partial charge in [0.15, 0.2) is 0 Å². The van der Waals surface area contributed by atoms with Crippen molar-refractivity contribution in [3.8, 4) is 0 Å². The van der Waals surface area contributed by atoms with Gasteiger partial charge in [0.2, 0.25) is 0 Å². The lowest BCUT2D eigenvalue weighted by molar-refractivity contribution is -0.384. The molecule has 2 rings (SSSR count). The maximum atomic E-state index is 12.3. The number of nitro benzene ring substituents is 1. The minimum atomic E-state index is -0.584. The van der Waals surface area contributed by atoms with E-state index in [1.807, 2.05) is 19.1 Å². The lowest BCUT2D eigenvalue weighted by Crippen LogP contribution is -2.13. The molecule has 0 aromatic heterocycles. The number of amides is 1. The second kappa shape index (κ2) is 7.29. The molecule has 0 heterocycles. The second-order valence-electron chi connectivity index (χ2n) is 4.31. The summed E-state index contributed by atoms with van der Waals surface area (Å²) in [6.45, 7) is 2.00. The van der Waals surface area contributed by atoms with Gasteiger partial charge in [-0.3, -0.25) is 14.9 Å². The molecule has 7 heteroatoms. The Bertz CT molecular complexity index is 722. The smallest absolute Gasteiger partial charge is 0.289 e. The molecule has 114 valence electrons. The number of carbonyl (C=O) groups excluding carboxylic acids is 1. The van der Waals surface area contributed by atoms with Gasteiger partial charge in [0.25, 0.3) is 11.6 Å². The molecule has 0 radical (unpaired) electrons. The number of carbonyl (C=O) groups is 1. The van der Waals surface area contributed by atoms with Crippen LogP contribution in [0.1, 0.15) is 17.3 Å². The second-order valence-corrected chi connectivity index (χ2v) is 6.02. The van der Waals surface area contributed by atoms with Crippen molar-refractivity contribution in [2.75, 3.05) is 11.1 Å². The number of benzene rings is 2. The van der Waals surface area contributed by atoms with Crippen LogP contribution >= 0.6 is 23.4 Å². The van der Waals surface area contributed by atoms with Gasteiger partial charge in [0, 0.05) is 16.6 Å². The maximum Gasteiger partial charge on any atom is 0.289 e. The van der Waals surface area contributed by atoms with Crippen molar-refractivity contribution in [3.05, 3.63) is 63.2 Å². The fourth-order valence-electron chi connectivity index (χ4n) is 1.86. The van der Waals surface area contributed by atoms with Crippen LogP contribution in [0.3, 0.4) is 0 Å². The summed E-state index contributed by atoms with van der Waals surface area (Å²) in [5.41, 5.74) is 0.625. The van der Waals surface area contributed by atoms with Gasteiger partial charge in [-0.15, -0.1) is 11.8 Å². The Morgan fingerprint density at radius 3 is 2.73 bits per heavy atom. The third kappa shape index (κ3) is 3.78. The van der Waals surface area contributed by atoms with Gasteiger partial charge < -0.3 is 5.32 Å². The summed E-state index contributed by atoms with van der Waals surface area (Å²) in [6.07, 6.45) is 0. The van der Waals surface area contributed by atoms with E-state index in [0.717, 1.165) is 10.6 Å². The standard InChI is InChI=1S/C15H13ClN2O3S/c1-2-22-14-6-4-3-5-11(14)15(19)17-10-7-8-12(16)13(9-10)18(20)21/h3-9H,2H2,1H3,(H,17,19). The van der Waals surface area contributed by atoms with Crippen LogP contribution in [0.15, 0.2) is 47.4 Å². The van der Waals surface area contributed by atoms with Crippen LogP contribution in [-0.2, 0) is 0 Å². The van der Waals surface area contributed by atoms with Gasteiger partial charge >= 0.3 is 0 Å². The number of nitro groups is 1. The zero-order valence-corrected chi connectivity index (χ0v) is 13.3. The van der Waals surface area contributed by atoms with E-state index in [1.165, 1.54) is 18.2 Å². The molecular weight excluding hydrogens is 324 g/mol. The molecule has 0 bridgehead atoms. The van der Waals surface area contributed by atoms with E-state index >= 15 is 0 Å². The summed E-state index contributed by atoms with van der Waals surface area (Å²) in [5, 5.41) is 13.6. The van der Waals surface area contributed by atoms with Crippen molar-refractivity contribution in [1.29, 1.82) is 0 Å². The Morgan fingerprint density at radius 2 is 2.05 bits per heavy atom. The van der Waals surface area contributed by atoms with Gasteiger partial charge in [-0.2, -0.15) is 0 Å². The molecule has 1 amide bonds. The van der Waals surface area contributed by atoms with E-state index in [0.29, 0.717) is 11.3 Å². The highest BCUT2D eigenvalue weighted by Gasteiger charge is 2.16. The van der Waals surface area contributed by atoms with Crippen molar-refractivity contribution < 1.29 is 9.72 Å². The molecular formula is C15H13ClN2O3S. The van der Waals surface area contributed by atoms with Crippen molar-refractivity contribution in [3.63, 3.8) is 0 Å². The van der Waals surface area contributed by atoms with E-state index < -0.39 is 4.92 Å². The number of halogens is 1. The summed E-state index contributed by atoms with van der Waals surface area (Å²) >= 11 is 7.31. The fraction of sp³-hybridized carbons (Fsp3) is 0.133. The Balaban J connectivity index is 2.26. The Hall–Kier alpha value is -2.05. The predicted octanol–water partition coefficient (Wildman–Crippen LogP) is 4.61. The minimum Gasteiger partial charge on any atom is -0.322 e. The third-order valence-electron chi connectivity index (χ3n) is 2.83. The first-order valence-electron chi connectivity index (χ1n) is 6.50. The molecule has 0 aliphatic rings. The molecule has 0 saturated carbocycles. The summed E-state index contributed by atoms with van der Waals surface area (Å²) < 4.78 is 0. The van der Waals surface area contributed by atoms with E-state index in [2.05, 4.69) is 5.32 Å². The van der Waals surface area contributed by atoms with Crippen LogP contribution in [0.25, 0.3) is 0 Å². The molecule has 0 fully saturated rings. The monoisotopic (exact) mass is 336 g/mol. The largest absolute Gasteiger partial charge is 0.322 e. The average Bonchev–Trinajstić information content (AvgIpc) is 2.49. The number of hydrogen-bond donors (Lipinski definition) is 1. The number of anilines is 1. The average molecular weight is 337 g/mol. The quantitative estimate of drug-likeness (QED) is 0.491. The van der Waals surface area contributed by atoms with Gasteiger partial charge in [0.1, 0.15) is 5.02 Å². The van der Waals surface area contributed by atoms with E-state index in [4.69, 9.17) is 11.6 Å². The lowest BCUT2D eigenvalue weighted by Gasteiger charge is -2.09. The minimum absolute atomic E-state index is 0.0323. The third-order valence-corrected chi connectivity index (χ3v) is 4.11. The van der Waals surface area contributed by atoms with Crippen LogP contribution < -0.4 is 5.32 Å². The maximum absolute atomic E-state index is 12.3. The molecule has 1 N–H and O–H groups in total. The van der Waals surface area contributed by atoms with Crippen LogP contribution in [-0.4, -0.2) is 16.6 Å². The number of hydrogen-bond acceptors (Lipinski definition) is 4. The van der Waals surface area contributed by atoms with Crippen molar-refractivity contribution >= 4 is 40.6 Å². The molecule has 0 unspecified atom stereocenters. The highest BCUT2D eigenvalue weighted by Crippen LogP contribution is 2.28. The first-order chi connectivity index (χ1) is 10.5. The molecule has 0 saturated heterocycles. The number of nitrogens with one attached hydrogen (secondary N) is 1. The summed E-state index contributed by atoms with van der Waals surface area (Å²) in [6, 6.07) is 11.4. The Kier molecular flexibility index (Phi) is 5.41. The van der Waals surface area contributed by atoms with Gasteiger partial charge in [-0.1, -0.05) is 30.7 Å². The number of thioether (sulfide) groups is 1. The number of nitrogens with zero attached hydrogens (tertiary/aromatic N) is 1. The molecule has 0 spiro atoms. The van der Waals surface area contributed by atoms with Crippen LogP contribution in [0, 0.1) is 10.1 Å². The van der Waals surface area contributed by atoms with Gasteiger partial charge in [-0.25, -0.2) is 0 Å². The van der Waals surface area contributed by atoms with E-state index in [-0.39, 0.29) is 16.6 Å². The SMILES string of the molecule is CCSc1ccccc1C(=O)Nc1ccc(Cl)c([N+](=O)[O-])c1. The first-order valence-corrected chi connectivity index (χ1v) is 7.86. The highest BCUT2D eigenvalue weighted by atomic mass is 35.5. The fourth-order valence-corrected chi connectivity index (χ4v) is 2.85. The zero-order valence-electron chi connectivity index (χ0n) is 11.7.